The highest BCUT2D eigenvalue weighted by atomic mass is 15.2. The van der Waals surface area contributed by atoms with Crippen LogP contribution in [-0.2, 0) is 6.54 Å². The van der Waals surface area contributed by atoms with Crippen LogP contribution in [0.25, 0.3) is 0 Å². The molecule has 60 valence electrons. The third kappa shape index (κ3) is 1.96. The first-order valence-corrected chi connectivity index (χ1v) is 3.47. The lowest BCUT2D eigenvalue weighted by atomic mass is 10.2. The Labute approximate surface area is 65.8 Å². The molecule has 0 atom stereocenters. The SMILES string of the molecule is Cc1cc(CNN)c(C)nn1. The third-order valence-electron chi connectivity index (χ3n) is 1.50. The molecule has 0 aliphatic rings. The Morgan fingerprint density at radius 1 is 1.45 bits per heavy atom. The summed E-state index contributed by atoms with van der Waals surface area (Å²) in [6.07, 6.45) is 0. The van der Waals surface area contributed by atoms with E-state index in [1.54, 1.807) is 0 Å². The maximum Gasteiger partial charge on any atom is 0.0645 e. The van der Waals surface area contributed by atoms with E-state index < -0.39 is 0 Å². The highest BCUT2D eigenvalue weighted by Crippen LogP contribution is 2.03. The molecule has 0 fully saturated rings. The van der Waals surface area contributed by atoms with Gasteiger partial charge in [0.05, 0.1) is 11.4 Å². The lowest BCUT2D eigenvalue weighted by Gasteiger charge is -2.02. The van der Waals surface area contributed by atoms with Crippen molar-refractivity contribution in [2.24, 2.45) is 5.84 Å². The van der Waals surface area contributed by atoms with Gasteiger partial charge in [0.25, 0.3) is 0 Å². The van der Waals surface area contributed by atoms with Crippen molar-refractivity contribution in [3.63, 3.8) is 0 Å². The van der Waals surface area contributed by atoms with Gasteiger partial charge in [0.2, 0.25) is 0 Å². The van der Waals surface area contributed by atoms with Gasteiger partial charge >= 0.3 is 0 Å². The summed E-state index contributed by atoms with van der Waals surface area (Å²) in [6, 6.07) is 1.97. The Morgan fingerprint density at radius 2 is 2.18 bits per heavy atom. The summed E-state index contributed by atoms with van der Waals surface area (Å²) < 4.78 is 0. The Hall–Kier alpha value is -1.00. The molecule has 3 N–H and O–H groups in total. The van der Waals surface area contributed by atoms with Gasteiger partial charge in [-0.3, -0.25) is 11.3 Å². The molecule has 0 aromatic carbocycles. The standard InChI is InChI=1S/C7H12N4/c1-5-3-7(4-9-8)6(2)11-10-5/h3,9H,4,8H2,1-2H3. The molecule has 1 aromatic rings. The normalized spacial score (nSPS) is 10.1. The molecule has 0 unspecified atom stereocenters. The average molecular weight is 152 g/mol. The van der Waals surface area contributed by atoms with Gasteiger partial charge in [-0.2, -0.15) is 10.2 Å². The molecule has 1 rings (SSSR count). The molecule has 0 bridgehead atoms. The van der Waals surface area contributed by atoms with Crippen molar-refractivity contribution >= 4 is 0 Å². The molecule has 0 saturated carbocycles. The Morgan fingerprint density at radius 3 is 2.82 bits per heavy atom. The molecule has 0 amide bonds. The van der Waals surface area contributed by atoms with Gasteiger partial charge in [0, 0.05) is 6.54 Å². The second kappa shape index (κ2) is 3.41. The third-order valence-corrected chi connectivity index (χ3v) is 1.50. The number of hydrazine groups is 1. The molecule has 4 heteroatoms. The van der Waals surface area contributed by atoms with Crippen LogP contribution in [0, 0.1) is 13.8 Å². The predicted molar refractivity (Wildman–Crippen MR) is 42.5 cm³/mol. The average Bonchev–Trinajstić information content (AvgIpc) is 1.98. The van der Waals surface area contributed by atoms with Crippen molar-refractivity contribution in [1.82, 2.24) is 15.6 Å². The fraction of sp³-hybridized carbons (Fsp3) is 0.429. The number of hydrogen-bond donors (Lipinski definition) is 2. The number of rotatable bonds is 2. The van der Waals surface area contributed by atoms with Crippen molar-refractivity contribution in [3.8, 4) is 0 Å². The molecule has 0 aliphatic carbocycles. The number of aromatic nitrogens is 2. The zero-order chi connectivity index (χ0) is 8.27. The van der Waals surface area contributed by atoms with Gasteiger partial charge in [0.1, 0.15) is 0 Å². The number of hydrogen-bond acceptors (Lipinski definition) is 4. The first kappa shape index (κ1) is 8.10. The van der Waals surface area contributed by atoms with Crippen LogP contribution >= 0.6 is 0 Å². The van der Waals surface area contributed by atoms with Gasteiger partial charge in [-0.25, -0.2) is 0 Å². The number of nitrogens with two attached hydrogens (primary N) is 1. The summed E-state index contributed by atoms with van der Waals surface area (Å²) in [5.74, 6) is 5.18. The van der Waals surface area contributed by atoms with E-state index in [9.17, 15) is 0 Å². The van der Waals surface area contributed by atoms with Crippen molar-refractivity contribution < 1.29 is 0 Å². The van der Waals surface area contributed by atoms with Crippen LogP contribution in [0.15, 0.2) is 6.07 Å². The maximum atomic E-state index is 5.18. The van der Waals surface area contributed by atoms with Crippen LogP contribution in [0.4, 0.5) is 0 Å². The summed E-state index contributed by atoms with van der Waals surface area (Å²) in [4.78, 5) is 0. The van der Waals surface area contributed by atoms with Crippen LogP contribution in [0.2, 0.25) is 0 Å². The Balaban J connectivity index is 2.93. The Bertz CT molecular complexity index is 246. The molecule has 1 aromatic heterocycles. The van der Waals surface area contributed by atoms with Crippen LogP contribution in [-0.4, -0.2) is 10.2 Å². The van der Waals surface area contributed by atoms with Gasteiger partial charge in [-0.15, -0.1) is 0 Å². The minimum absolute atomic E-state index is 0.641. The van der Waals surface area contributed by atoms with Crippen molar-refractivity contribution in [2.45, 2.75) is 20.4 Å². The van der Waals surface area contributed by atoms with Gasteiger partial charge in [-0.05, 0) is 25.5 Å². The van der Waals surface area contributed by atoms with E-state index in [2.05, 4.69) is 15.6 Å². The molecule has 1 heterocycles. The summed E-state index contributed by atoms with van der Waals surface area (Å²) in [5, 5.41) is 7.85. The highest BCUT2D eigenvalue weighted by molar-refractivity contribution is 5.19. The van der Waals surface area contributed by atoms with Crippen molar-refractivity contribution in [2.75, 3.05) is 0 Å². The van der Waals surface area contributed by atoms with Crippen molar-refractivity contribution in [3.05, 3.63) is 23.0 Å². The largest absolute Gasteiger partial charge is 0.271 e. The summed E-state index contributed by atoms with van der Waals surface area (Å²) in [5.41, 5.74) is 5.52. The number of aryl methyl sites for hydroxylation is 2. The molecule has 0 radical (unpaired) electrons. The fourth-order valence-electron chi connectivity index (χ4n) is 0.892. The van der Waals surface area contributed by atoms with E-state index in [1.807, 2.05) is 19.9 Å². The van der Waals surface area contributed by atoms with Crippen LogP contribution in [0.5, 0.6) is 0 Å². The minimum atomic E-state index is 0.641. The van der Waals surface area contributed by atoms with E-state index in [0.717, 1.165) is 17.0 Å². The molecule has 0 spiro atoms. The van der Waals surface area contributed by atoms with E-state index in [-0.39, 0.29) is 0 Å². The van der Waals surface area contributed by atoms with Gasteiger partial charge < -0.3 is 0 Å². The Kier molecular flexibility index (Phi) is 2.51. The molecular weight excluding hydrogens is 140 g/mol. The highest BCUT2D eigenvalue weighted by Gasteiger charge is 1.98. The zero-order valence-corrected chi connectivity index (χ0v) is 6.76. The second-order valence-electron chi connectivity index (χ2n) is 2.48. The van der Waals surface area contributed by atoms with Gasteiger partial charge in [0.15, 0.2) is 0 Å². The summed E-state index contributed by atoms with van der Waals surface area (Å²) in [6.45, 7) is 4.47. The summed E-state index contributed by atoms with van der Waals surface area (Å²) >= 11 is 0. The van der Waals surface area contributed by atoms with Crippen LogP contribution in [0.1, 0.15) is 17.0 Å². The van der Waals surface area contributed by atoms with E-state index in [1.165, 1.54) is 0 Å². The monoisotopic (exact) mass is 152 g/mol. The lowest BCUT2D eigenvalue weighted by molar-refractivity contribution is 0.724. The first-order chi connectivity index (χ1) is 5.24. The van der Waals surface area contributed by atoms with Crippen LogP contribution < -0.4 is 11.3 Å². The topological polar surface area (TPSA) is 63.8 Å². The first-order valence-electron chi connectivity index (χ1n) is 3.47. The number of nitrogens with one attached hydrogen (secondary N) is 1. The van der Waals surface area contributed by atoms with E-state index in [4.69, 9.17) is 5.84 Å². The fourth-order valence-corrected chi connectivity index (χ4v) is 0.892. The van der Waals surface area contributed by atoms with E-state index >= 15 is 0 Å². The molecular formula is C7H12N4. The number of nitrogens with zero attached hydrogens (tertiary/aromatic N) is 2. The molecule has 0 saturated heterocycles. The quantitative estimate of drug-likeness (QED) is 0.464. The minimum Gasteiger partial charge on any atom is -0.271 e. The molecule has 0 aliphatic heterocycles. The van der Waals surface area contributed by atoms with Gasteiger partial charge in [-0.1, -0.05) is 0 Å². The van der Waals surface area contributed by atoms with E-state index in [0.29, 0.717) is 6.54 Å². The molecule has 11 heavy (non-hydrogen) atoms. The summed E-state index contributed by atoms with van der Waals surface area (Å²) in [7, 11) is 0. The maximum absolute atomic E-state index is 5.18. The lowest BCUT2D eigenvalue weighted by Crippen LogP contribution is -2.21. The smallest absolute Gasteiger partial charge is 0.0645 e. The second-order valence-corrected chi connectivity index (χ2v) is 2.48. The van der Waals surface area contributed by atoms with Crippen LogP contribution in [0.3, 0.4) is 0 Å². The molecule has 4 nitrogen and oxygen atoms in total. The predicted octanol–water partition coefficient (Wildman–Crippen LogP) is 0.0567. The van der Waals surface area contributed by atoms with Crippen molar-refractivity contribution in [1.29, 1.82) is 0 Å². The zero-order valence-electron chi connectivity index (χ0n) is 6.76.